The van der Waals surface area contributed by atoms with Gasteiger partial charge in [0, 0.05) is 13.5 Å². The molecule has 0 radical (unpaired) electrons. The summed E-state index contributed by atoms with van der Waals surface area (Å²) in [6, 6.07) is 5.77. The Bertz CT molecular complexity index is 948. The van der Waals surface area contributed by atoms with Gasteiger partial charge in [-0.2, -0.15) is 0 Å². The second-order valence-electron chi connectivity index (χ2n) is 6.06. The number of nitrogens with zero attached hydrogens (tertiary/aromatic N) is 5. The van der Waals surface area contributed by atoms with Gasteiger partial charge in [-0.1, -0.05) is 12.1 Å². The summed E-state index contributed by atoms with van der Waals surface area (Å²) in [5, 5.41) is 8.37. The van der Waals surface area contributed by atoms with Gasteiger partial charge in [-0.05, 0) is 24.6 Å². The second-order valence-corrected chi connectivity index (χ2v) is 6.06. The van der Waals surface area contributed by atoms with Crippen molar-refractivity contribution in [1.29, 1.82) is 0 Å². The number of carbonyl (C=O) groups excluding carboxylic acids is 1. The van der Waals surface area contributed by atoms with Crippen molar-refractivity contribution in [2.24, 2.45) is 0 Å². The molecule has 8 heteroatoms. The third-order valence-electron chi connectivity index (χ3n) is 4.27. The molecule has 1 aliphatic heterocycles. The first-order valence-electron chi connectivity index (χ1n) is 7.92. The Kier molecular flexibility index (Phi) is 3.60. The van der Waals surface area contributed by atoms with E-state index in [0.29, 0.717) is 36.3 Å². The predicted molar refractivity (Wildman–Crippen MR) is 85.6 cm³/mol. The van der Waals surface area contributed by atoms with Gasteiger partial charge in [-0.25, -0.2) is 9.37 Å². The van der Waals surface area contributed by atoms with E-state index in [-0.39, 0.29) is 11.7 Å². The molecule has 3 aromatic rings. The van der Waals surface area contributed by atoms with Crippen molar-refractivity contribution >= 4 is 5.91 Å². The van der Waals surface area contributed by atoms with E-state index in [1.54, 1.807) is 35.4 Å². The minimum atomic E-state index is -0.473. The van der Waals surface area contributed by atoms with Crippen LogP contribution >= 0.6 is 0 Å². The highest BCUT2D eigenvalue weighted by atomic mass is 19.1. The highest BCUT2D eigenvalue weighted by molar-refractivity contribution is 5.81. The Labute approximate surface area is 143 Å². The molecule has 25 heavy (non-hydrogen) atoms. The van der Waals surface area contributed by atoms with Crippen molar-refractivity contribution < 1.29 is 13.6 Å². The zero-order valence-corrected chi connectivity index (χ0v) is 13.8. The van der Waals surface area contributed by atoms with Gasteiger partial charge in [0.25, 0.3) is 0 Å². The molecule has 0 N–H and O–H groups in total. The normalized spacial score (nSPS) is 17.0. The molecule has 7 nitrogen and oxygen atoms in total. The number of carbonyl (C=O) groups is 1. The molecule has 0 bridgehead atoms. The Hall–Kier alpha value is -3.03. The van der Waals surface area contributed by atoms with Gasteiger partial charge >= 0.3 is 0 Å². The minimum Gasteiger partial charge on any atom is -0.449 e. The average Bonchev–Trinajstić information content (AvgIpc) is 3.18. The SMILES string of the molecule is Cc1nc(-c2nnc3n2[C@@H](C)C(=O)N(Cc2cccc(F)c2)C3)co1. The van der Waals surface area contributed by atoms with Gasteiger partial charge in [0.05, 0.1) is 6.54 Å². The summed E-state index contributed by atoms with van der Waals surface area (Å²) in [7, 11) is 0. The highest BCUT2D eigenvalue weighted by Gasteiger charge is 2.34. The molecule has 2 aromatic heterocycles. The fourth-order valence-electron chi connectivity index (χ4n) is 3.09. The van der Waals surface area contributed by atoms with E-state index in [1.807, 2.05) is 0 Å². The van der Waals surface area contributed by atoms with Crippen LogP contribution in [0.5, 0.6) is 0 Å². The molecule has 0 fully saturated rings. The average molecular weight is 341 g/mol. The van der Waals surface area contributed by atoms with E-state index in [1.165, 1.54) is 18.4 Å². The smallest absolute Gasteiger partial charge is 0.246 e. The van der Waals surface area contributed by atoms with Crippen LogP contribution < -0.4 is 0 Å². The molecular formula is C17H16FN5O2. The number of hydrogen-bond donors (Lipinski definition) is 0. The third-order valence-corrected chi connectivity index (χ3v) is 4.27. The van der Waals surface area contributed by atoms with Crippen molar-refractivity contribution in [2.45, 2.75) is 33.0 Å². The molecule has 128 valence electrons. The molecule has 1 aromatic carbocycles. The number of amides is 1. The zero-order valence-electron chi connectivity index (χ0n) is 13.8. The number of rotatable bonds is 3. The first-order chi connectivity index (χ1) is 12.0. The van der Waals surface area contributed by atoms with Gasteiger partial charge in [0.2, 0.25) is 5.91 Å². The number of oxazole rings is 1. The lowest BCUT2D eigenvalue weighted by molar-refractivity contribution is -0.137. The van der Waals surface area contributed by atoms with Crippen LogP contribution in [0.15, 0.2) is 34.9 Å². The molecule has 0 saturated heterocycles. The fraction of sp³-hybridized carbons (Fsp3) is 0.294. The van der Waals surface area contributed by atoms with Crippen molar-refractivity contribution in [2.75, 3.05) is 0 Å². The minimum absolute atomic E-state index is 0.0713. The van der Waals surface area contributed by atoms with E-state index in [4.69, 9.17) is 4.42 Å². The maximum Gasteiger partial charge on any atom is 0.246 e. The number of aryl methyl sites for hydroxylation is 1. The number of hydrogen-bond acceptors (Lipinski definition) is 5. The van der Waals surface area contributed by atoms with Gasteiger partial charge < -0.3 is 9.32 Å². The topological polar surface area (TPSA) is 77.1 Å². The molecule has 1 aliphatic rings. The largest absolute Gasteiger partial charge is 0.449 e. The van der Waals surface area contributed by atoms with Gasteiger partial charge in [0.1, 0.15) is 23.8 Å². The molecule has 0 aliphatic carbocycles. The molecular weight excluding hydrogens is 325 g/mol. The molecule has 0 unspecified atom stereocenters. The lowest BCUT2D eigenvalue weighted by Crippen LogP contribution is -2.41. The van der Waals surface area contributed by atoms with Gasteiger partial charge in [0.15, 0.2) is 17.5 Å². The summed E-state index contributed by atoms with van der Waals surface area (Å²) in [5.74, 6) is 1.31. The number of aromatic nitrogens is 4. The van der Waals surface area contributed by atoms with Crippen molar-refractivity contribution in [3.63, 3.8) is 0 Å². The third kappa shape index (κ3) is 2.69. The summed E-state index contributed by atoms with van der Waals surface area (Å²) < 4.78 is 20.4. The highest BCUT2D eigenvalue weighted by Crippen LogP contribution is 2.28. The number of fused-ring (bicyclic) bond motifs is 1. The Balaban J connectivity index is 1.65. The first-order valence-corrected chi connectivity index (χ1v) is 7.92. The standard InChI is InChI=1S/C17H16FN5O2/c1-10-17(24)22(7-12-4-3-5-13(18)6-12)8-15-20-21-16(23(10)15)14-9-25-11(2)19-14/h3-6,9-10H,7-8H2,1-2H3/t10-/m0/s1. The van der Waals surface area contributed by atoms with Crippen LogP contribution in [0.4, 0.5) is 4.39 Å². The van der Waals surface area contributed by atoms with E-state index in [9.17, 15) is 9.18 Å². The molecule has 3 heterocycles. The van der Waals surface area contributed by atoms with Crippen LogP contribution in [0.2, 0.25) is 0 Å². The Morgan fingerprint density at radius 1 is 1.36 bits per heavy atom. The maximum atomic E-state index is 13.4. The van der Waals surface area contributed by atoms with Crippen molar-refractivity contribution in [1.82, 2.24) is 24.6 Å². The summed E-state index contributed by atoms with van der Waals surface area (Å²) in [6.07, 6.45) is 1.50. The maximum absolute atomic E-state index is 13.4. The van der Waals surface area contributed by atoms with E-state index in [2.05, 4.69) is 15.2 Å². The van der Waals surface area contributed by atoms with Crippen molar-refractivity contribution in [3.05, 3.63) is 53.6 Å². The molecule has 0 spiro atoms. The zero-order chi connectivity index (χ0) is 17.6. The van der Waals surface area contributed by atoms with Crippen molar-refractivity contribution in [3.8, 4) is 11.5 Å². The summed E-state index contributed by atoms with van der Waals surface area (Å²) >= 11 is 0. The first kappa shape index (κ1) is 15.5. The van der Waals surface area contributed by atoms with Crippen LogP contribution in [0.25, 0.3) is 11.5 Å². The Morgan fingerprint density at radius 3 is 2.92 bits per heavy atom. The van der Waals surface area contributed by atoms with E-state index >= 15 is 0 Å². The van der Waals surface area contributed by atoms with Crippen LogP contribution in [0.3, 0.4) is 0 Å². The van der Waals surface area contributed by atoms with Crippen LogP contribution in [0.1, 0.15) is 30.2 Å². The molecule has 0 saturated carbocycles. The van der Waals surface area contributed by atoms with Gasteiger partial charge in [-0.3, -0.25) is 9.36 Å². The lowest BCUT2D eigenvalue weighted by atomic mass is 10.1. The van der Waals surface area contributed by atoms with Crippen LogP contribution in [-0.2, 0) is 17.9 Å². The van der Waals surface area contributed by atoms with Gasteiger partial charge in [-0.15, -0.1) is 10.2 Å². The summed E-state index contributed by atoms with van der Waals surface area (Å²) in [5.41, 5.74) is 1.29. The second kappa shape index (κ2) is 5.80. The summed E-state index contributed by atoms with van der Waals surface area (Å²) in [4.78, 5) is 18.7. The lowest BCUT2D eigenvalue weighted by Gasteiger charge is -2.32. The monoisotopic (exact) mass is 341 g/mol. The van der Waals surface area contributed by atoms with E-state index < -0.39 is 6.04 Å². The number of benzene rings is 1. The molecule has 4 rings (SSSR count). The number of halogens is 1. The fourth-order valence-corrected chi connectivity index (χ4v) is 3.09. The molecule has 1 amide bonds. The molecule has 1 atom stereocenters. The van der Waals surface area contributed by atoms with Crippen LogP contribution in [-0.4, -0.2) is 30.6 Å². The predicted octanol–water partition coefficient (Wildman–Crippen LogP) is 2.48. The summed E-state index contributed by atoms with van der Waals surface area (Å²) in [6.45, 7) is 4.17. The Morgan fingerprint density at radius 2 is 2.20 bits per heavy atom. The van der Waals surface area contributed by atoms with E-state index in [0.717, 1.165) is 5.56 Å². The quantitative estimate of drug-likeness (QED) is 0.731. The van der Waals surface area contributed by atoms with Crippen LogP contribution in [0, 0.1) is 12.7 Å².